The fraction of sp³-hybridized carbons (Fsp3) is 0.750. The third kappa shape index (κ3) is 2.91. The van der Waals surface area contributed by atoms with Crippen LogP contribution in [0.15, 0.2) is 6.33 Å². The van der Waals surface area contributed by atoms with Crippen molar-refractivity contribution >= 4 is 5.78 Å². The number of Topliss-reactive ketones (excluding diaryl/α,β-unsaturated/α-hetero) is 1. The Labute approximate surface area is 101 Å². The lowest BCUT2D eigenvalue weighted by atomic mass is 9.89. The SMILES string of the molecule is Cn1ncnc1CC(=O)C1CCCCCC1N. The van der Waals surface area contributed by atoms with E-state index in [2.05, 4.69) is 10.1 Å². The van der Waals surface area contributed by atoms with Crippen LogP contribution in [0, 0.1) is 5.92 Å². The average Bonchev–Trinajstić information content (AvgIpc) is 2.57. The third-order valence-electron chi connectivity index (χ3n) is 3.62. The highest BCUT2D eigenvalue weighted by Crippen LogP contribution is 2.23. The fourth-order valence-electron chi connectivity index (χ4n) is 2.50. The number of rotatable bonds is 3. The van der Waals surface area contributed by atoms with Gasteiger partial charge in [0.05, 0.1) is 6.42 Å². The molecule has 0 radical (unpaired) electrons. The maximum absolute atomic E-state index is 12.2. The molecule has 5 heteroatoms. The number of nitrogens with two attached hydrogens (primary N) is 1. The topological polar surface area (TPSA) is 73.8 Å². The number of hydrogen-bond donors (Lipinski definition) is 1. The molecule has 0 aromatic carbocycles. The Morgan fingerprint density at radius 1 is 1.47 bits per heavy atom. The zero-order valence-electron chi connectivity index (χ0n) is 10.3. The third-order valence-corrected chi connectivity index (χ3v) is 3.62. The van der Waals surface area contributed by atoms with Gasteiger partial charge in [0.15, 0.2) is 0 Å². The van der Waals surface area contributed by atoms with Gasteiger partial charge in [-0.15, -0.1) is 0 Å². The molecular formula is C12H20N4O. The van der Waals surface area contributed by atoms with Crippen LogP contribution in [0.4, 0.5) is 0 Å². The van der Waals surface area contributed by atoms with Gasteiger partial charge in [0.25, 0.3) is 0 Å². The highest BCUT2D eigenvalue weighted by atomic mass is 16.1. The molecule has 2 atom stereocenters. The monoisotopic (exact) mass is 236 g/mol. The molecule has 1 fully saturated rings. The summed E-state index contributed by atoms with van der Waals surface area (Å²) < 4.78 is 1.65. The van der Waals surface area contributed by atoms with Gasteiger partial charge in [-0.3, -0.25) is 9.48 Å². The van der Waals surface area contributed by atoms with E-state index in [0.717, 1.165) is 31.5 Å². The first-order valence-electron chi connectivity index (χ1n) is 6.29. The van der Waals surface area contributed by atoms with E-state index in [4.69, 9.17) is 5.73 Å². The normalized spacial score (nSPS) is 25.5. The molecule has 17 heavy (non-hydrogen) atoms. The lowest BCUT2D eigenvalue weighted by Crippen LogP contribution is -2.35. The van der Waals surface area contributed by atoms with Crippen molar-refractivity contribution in [1.82, 2.24) is 14.8 Å². The molecule has 5 nitrogen and oxygen atoms in total. The van der Waals surface area contributed by atoms with Crippen molar-refractivity contribution in [1.29, 1.82) is 0 Å². The standard InChI is InChI=1S/C12H20N4O/c1-16-12(14-8-15-16)7-11(17)9-5-3-2-4-6-10(9)13/h8-10H,2-7,13H2,1H3. The van der Waals surface area contributed by atoms with Crippen molar-refractivity contribution in [2.75, 3.05) is 0 Å². The smallest absolute Gasteiger partial charge is 0.145 e. The van der Waals surface area contributed by atoms with Gasteiger partial charge in [-0.25, -0.2) is 4.98 Å². The van der Waals surface area contributed by atoms with Crippen LogP contribution in [0.3, 0.4) is 0 Å². The molecule has 0 aliphatic heterocycles. The van der Waals surface area contributed by atoms with Crippen molar-refractivity contribution in [3.8, 4) is 0 Å². The number of carbonyl (C=O) groups excluding carboxylic acids is 1. The number of nitrogens with zero attached hydrogens (tertiary/aromatic N) is 3. The van der Waals surface area contributed by atoms with Crippen LogP contribution in [0.1, 0.15) is 37.9 Å². The molecule has 2 rings (SSSR count). The maximum atomic E-state index is 12.2. The average molecular weight is 236 g/mol. The minimum atomic E-state index is 0.00852. The Balaban J connectivity index is 2.01. The summed E-state index contributed by atoms with van der Waals surface area (Å²) in [6.45, 7) is 0. The second kappa shape index (κ2) is 5.40. The van der Waals surface area contributed by atoms with E-state index in [1.54, 1.807) is 4.68 Å². The van der Waals surface area contributed by atoms with Crippen molar-refractivity contribution in [2.24, 2.45) is 18.7 Å². The summed E-state index contributed by atoms with van der Waals surface area (Å²) >= 11 is 0. The Hall–Kier alpha value is -1.23. The van der Waals surface area contributed by atoms with Crippen molar-refractivity contribution in [3.63, 3.8) is 0 Å². The molecule has 94 valence electrons. The van der Waals surface area contributed by atoms with E-state index in [1.807, 2.05) is 7.05 Å². The molecule has 1 aliphatic carbocycles. The van der Waals surface area contributed by atoms with Gasteiger partial charge in [-0.05, 0) is 12.8 Å². The molecule has 0 amide bonds. The molecule has 0 spiro atoms. The largest absolute Gasteiger partial charge is 0.327 e. The van der Waals surface area contributed by atoms with Crippen LogP contribution >= 0.6 is 0 Å². The summed E-state index contributed by atoms with van der Waals surface area (Å²) in [5.74, 6) is 0.955. The Kier molecular flexibility index (Phi) is 3.89. The van der Waals surface area contributed by atoms with Crippen LogP contribution in [-0.4, -0.2) is 26.6 Å². The zero-order chi connectivity index (χ0) is 12.3. The molecular weight excluding hydrogens is 216 g/mol. The predicted molar refractivity (Wildman–Crippen MR) is 64.3 cm³/mol. The molecule has 1 aromatic rings. The number of ketones is 1. The predicted octanol–water partition coefficient (Wildman–Crippen LogP) is 0.834. The van der Waals surface area contributed by atoms with Gasteiger partial charge in [0.1, 0.15) is 17.9 Å². The van der Waals surface area contributed by atoms with E-state index in [1.165, 1.54) is 12.7 Å². The summed E-state index contributed by atoms with van der Waals surface area (Å²) in [6, 6.07) is 0.0261. The highest BCUT2D eigenvalue weighted by Gasteiger charge is 2.27. The minimum absolute atomic E-state index is 0.00852. The summed E-state index contributed by atoms with van der Waals surface area (Å²) in [7, 11) is 1.81. The lowest BCUT2D eigenvalue weighted by molar-refractivity contribution is -0.123. The summed E-state index contributed by atoms with van der Waals surface area (Å²) in [6.07, 6.45) is 7.19. The van der Waals surface area contributed by atoms with E-state index in [-0.39, 0.29) is 17.7 Å². The van der Waals surface area contributed by atoms with Gasteiger partial charge in [-0.1, -0.05) is 19.3 Å². The summed E-state index contributed by atoms with van der Waals surface area (Å²) in [5, 5.41) is 3.97. The van der Waals surface area contributed by atoms with Crippen molar-refractivity contribution in [2.45, 2.75) is 44.6 Å². The van der Waals surface area contributed by atoms with E-state index in [9.17, 15) is 4.79 Å². The first-order valence-corrected chi connectivity index (χ1v) is 6.29. The van der Waals surface area contributed by atoms with Crippen molar-refractivity contribution < 1.29 is 4.79 Å². The minimum Gasteiger partial charge on any atom is -0.327 e. The first-order chi connectivity index (χ1) is 8.18. The molecule has 2 unspecified atom stereocenters. The van der Waals surface area contributed by atoms with Gasteiger partial charge in [0.2, 0.25) is 0 Å². The fourth-order valence-corrected chi connectivity index (χ4v) is 2.50. The first kappa shape index (κ1) is 12.2. The lowest BCUT2D eigenvalue weighted by Gasteiger charge is -2.19. The summed E-state index contributed by atoms with van der Waals surface area (Å²) in [5.41, 5.74) is 6.08. The second-order valence-corrected chi connectivity index (χ2v) is 4.85. The van der Waals surface area contributed by atoms with Gasteiger partial charge < -0.3 is 5.73 Å². The number of carbonyl (C=O) groups is 1. The van der Waals surface area contributed by atoms with E-state index < -0.39 is 0 Å². The maximum Gasteiger partial charge on any atom is 0.145 e. The van der Waals surface area contributed by atoms with Crippen molar-refractivity contribution in [3.05, 3.63) is 12.2 Å². The zero-order valence-corrected chi connectivity index (χ0v) is 10.3. The molecule has 1 saturated carbocycles. The van der Waals surface area contributed by atoms with Crippen LogP contribution in [0.5, 0.6) is 0 Å². The second-order valence-electron chi connectivity index (χ2n) is 4.85. The molecule has 1 heterocycles. The quantitative estimate of drug-likeness (QED) is 0.789. The molecule has 1 aliphatic rings. The van der Waals surface area contributed by atoms with Crippen LogP contribution in [0.2, 0.25) is 0 Å². The summed E-state index contributed by atoms with van der Waals surface area (Å²) in [4.78, 5) is 16.3. The van der Waals surface area contributed by atoms with Crippen LogP contribution < -0.4 is 5.73 Å². The Bertz CT molecular complexity index is 388. The molecule has 0 bridgehead atoms. The van der Waals surface area contributed by atoms with Crippen LogP contribution in [0.25, 0.3) is 0 Å². The number of aromatic nitrogens is 3. The number of aryl methyl sites for hydroxylation is 1. The van der Waals surface area contributed by atoms with E-state index >= 15 is 0 Å². The van der Waals surface area contributed by atoms with Crippen LogP contribution in [-0.2, 0) is 18.3 Å². The molecule has 1 aromatic heterocycles. The molecule has 2 N–H and O–H groups in total. The van der Waals surface area contributed by atoms with E-state index in [0.29, 0.717) is 6.42 Å². The van der Waals surface area contributed by atoms with Gasteiger partial charge >= 0.3 is 0 Å². The highest BCUT2D eigenvalue weighted by molar-refractivity contribution is 5.83. The van der Waals surface area contributed by atoms with Gasteiger partial charge in [-0.2, -0.15) is 5.10 Å². The molecule has 0 saturated heterocycles. The van der Waals surface area contributed by atoms with Gasteiger partial charge in [0, 0.05) is 19.0 Å². The Morgan fingerprint density at radius 3 is 2.94 bits per heavy atom. The Morgan fingerprint density at radius 2 is 2.24 bits per heavy atom. The number of hydrogen-bond acceptors (Lipinski definition) is 4.